The lowest BCUT2D eigenvalue weighted by Crippen LogP contribution is -2.05. The van der Waals surface area contributed by atoms with Crippen LogP contribution in [0.4, 0.5) is 0 Å². The number of nitrogens with zero attached hydrogens (tertiary/aromatic N) is 1. The third-order valence-corrected chi connectivity index (χ3v) is 3.48. The Hall–Kier alpha value is -2.30. The summed E-state index contributed by atoms with van der Waals surface area (Å²) >= 11 is 0. The second-order valence-electron chi connectivity index (χ2n) is 4.73. The van der Waals surface area contributed by atoms with Gasteiger partial charge in [0, 0.05) is 17.5 Å². The van der Waals surface area contributed by atoms with E-state index in [0.29, 0.717) is 18.7 Å². The molecule has 0 atom stereocenters. The molecule has 19 heavy (non-hydrogen) atoms. The first-order chi connectivity index (χ1) is 9.09. The summed E-state index contributed by atoms with van der Waals surface area (Å²) in [6, 6.07) is 4.01. The number of carbonyl (C=O) groups is 1. The molecule has 0 amide bonds. The molecule has 0 bridgehead atoms. The van der Waals surface area contributed by atoms with Crippen molar-refractivity contribution in [2.24, 2.45) is 0 Å². The molecule has 5 heteroatoms. The van der Waals surface area contributed by atoms with E-state index in [1.807, 2.05) is 26.0 Å². The number of benzene rings is 1. The van der Waals surface area contributed by atoms with E-state index in [-0.39, 0.29) is 5.69 Å². The topological polar surface area (TPSA) is 75.2 Å². The van der Waals surface area contributed by atoms with E-state index < -0.39 is 5.97 Å². The maximum atomic E-state index is 11.2. The highest BCUT2D eigenvalue weighted by molar-refractivity contribution is 5.91. The number of hydrogen-bond acceptors (Lipinski definition) is 3. The van der Waals surface area contributed by atoms with Crippen LogP contribution in [0.25, 0.3) is 11.3 Å². The van der Waals surface area contributed by atoms with E-state index >= 15 is 0 Å². The number of H-pyrrole nitrogens is 1. The molecule has 1 aliphatic rings. The fourth-order valence-electron chi connectivity index (χ4n) is 2.51. The monoisotopic (exact) mass is 258 g/mol. The molecule has 0 spiro atoms. The molecule has 0 fully saturated rings. The van der Waals surface area contributed by atoms with E-state index in [1.165, 1.54) is 0 Å². The third-order valence-electron chi connectivity index (χ3n) is 3.48. The van der Waals surface area contributed by atoms with Gasteiger partial charge in [0.25, 0.3) is 0 Å². The van der Waals surface area contributed by atoms with Crippen LogP contribution in [0, 0.1) is 13.8 Å². The Morgan fingerprint density at radius 3 is 2.84 bits per heavy atom. The van der Waals surface area contributed by atoms with Gasteiger partial charge in [0.1, 0.15) is 17.1 Å². The van der Waals surface area contributed by atoms with Crippen molar-refractivity contribution in [2.75, 3.05) is 6.61 Å². The van der Waals surface area contributed by atoms with E-state index in [2.05, 4.69) is 10.2 Å². The minimum absolute atomic E-state index is 0.160. The van der Waals surface area contributed by atoms with Crippen LogP contribution in [-0.4, -0.2) is 27.9 Å². The van der Waals surface area contributed by atoms with Gasteiger partial charge in [0.15, 0.2) is 0 Å². The largest absolute Gasteiger partial charge is 0.492 e. The highest BCUT2D eigenvalue weighted by atomic mass is 16.5. The molecule has 1 aromatic heterocycles. The van der Waals surface area contributed by atoms with Gasteiger partial charge in [-0.1, -0.05) is 12.1 Å². The summed E-state index contributed by atoms with van der Waals surface area (Å²) in [6.07, 6.45) is 0.543. The van der Waals surface area contributed by atoms with Gasteiger partial charge >= 0.3 is 5.97 Å². The maximum absolute atomic E-state index is 11.2. The highest BCUT2D eigenvalue weighted by Gasteiger charge is 2.26. The van der Waals surface area contributed by atoms with Gasteiger partial charge in [-0.15, -0.1) is 0 Å². The van der Waals surface area contributed by atoms with Crippen molar-refractivity contribution in [3.63, 3.8) is 0 Å². The molecule has 2 aromatic rings. The fraction of sp³-hybridized carbons (Fsp3) is 0.286. The molecule has 0 saturated heterocycles. The quantitative estimate of drug-likeness (QED) is 0.823. The van der Waals surface area contributed by atoms with Gasteiger partial charge in [-0.3, -0.25) is 5.10 Å². The van der Waals surface area contributed by atoms with Gasteiger partial charge in [0.05, 0.1) is 6.61 Å². The van der Waals surface area contributed by atoms with Gasteiger partial charge < -0.3 is 9.84 Å². The first kappa shape index (κ1) is 11.8. The molecule has 3 rings (SSSR count). The summed E-state index contributed by atoms with van der Waals surface area (Å²) in [5.74, 6) is -0.176. The van der Waals surface area contributed by atoms with Gasteiger partial charge in [-0.2, -0.15) is 5.10 Å². The van der Waals surface area contributed by atoms with E-state index in [4.69, 9.17) is 4.74 Å². The van der Waals surface area contributed by atoms with Crippen molar-refractivity contribution in [1.29, 1.82) is 0 Å². The molecular formula is C14H14N2O3. The predicted molar refractivity (Wildman–Crippen MR) is 69.7 cm³/mol. The first-order valence-electron chi connectivity index (χ1n) is 6.13. The van der Waals surface area contributed by atoms with Gasteiger partial charge in [-0.05, 0) is 25.0 Å². The highest BCUT2D eigenvalue weighted by Crippen LogP contribution is 2.39. The van der Waals surface area contributed by atoms with Crippen LogP contribution in [0.15, 0.2) is 12.1 Å². The van der Waals surface area contributed by atoms with Crippen LogP contribution in [0.5, 0.6) is 5.75 Å². The van der Waals surface area contributed by atoms with Crippen molar-refractivity contribution in [1.82, 2.24) is 10.2 Å². The van der Waals surface area contributed by atoms with Crippen LogP contribution in [0.1, 0.15) is 27.2 Å². The molecule has 0 saturated carbocycles. The number of carboxylic acid groups (broad SMARTS) is 1. The summed E-state index contributed by atoms with van der Waals surface area (Å²) in [6.45, 7) is 4.42. The summed E-state index contributed by atoms with van der Waals surface area (Å²) in [5, 5.41) is 16.0. The smallest absolute Gasteiger partial charge is 0.354 e. The summed E-state index contributed by atoms with van der Waals surface area (Å²) < 4.78 is 5.79. The molecule has 0 radical (unpaired) electrons. The molecule has 0 aliphatic carbocycles. The number of aromatic carboxylic acids is 1. The zero-order valence-electron chi connectivity index (χ0n) is 10.8. The summed E-state index contributed by atoms with van der Waals surface area (Å²) in [5.41, 5.74) is 4.55. The molecule has 0 unspecified atom stereocenters. The second kappa shape index (κ2) is 4.12. The Kier molecular flexibility index (Phi) is 2.55. The Morgan fingerprint density at radius 1 is 1.37 bits per heavy atom. The summed E-state index contributed by atoms with van der Waals surface area (Å²) in [4.78, 5) is 11.2. The second-order valence-corrected chi connectivity index (χ2v) is 4.73. The average Bonchev–Trinajstić information content (AvgIpc) is 2.68. The number of nitrogens with one attached hydrogen (secondary N) is 1. The third kappa shape index (κ3) is 1.69. The Labute approximate surface area is 110 Å². The zero-order valence-corrected chi connectivity index (χ0v) is 10.8. The zero-order chi connectivity index (χ0) is 13.6. The lowest BCUT2D eigenvalue weighted by Gasteiger charge is -2.12. The van der Waals surface area contributed by atoms with Crippen molar-refractivity contribution < 1.29 is 14.6 Å². The summed E-state index contributed by atoms with van der Waals surface area (Å²) in [7, 11) is 0. The minimum Gasteiger partial charge on any atom is -0.492 e. The molecule has 98 valence electrons. The number of aryl methyl sites for hydroxylation is 2. The van der Waals surface area contributed by atoms with E-state index in [0.717, 1.165) is 28.0 Å². The first-order valence-corrected chi connectivity index (χ1v) is 6.13. The van der Waals surface area contributed by atoms with Crippen LogP contribution >= 0.6 is 0 Å². The van der Waals surface area contributed by atoms with Gasteiger partial charge in [0.2, 0.25) is 0 Å². The minimum atomic E-state index is -0.984. The van der Waals surface area contributed by atoms with Crippen LogP contribution in [0.3, 0.4) is 0 Å². The number of ether oxygens (including phenoxy) is 1. The van der Waals surface area contributed by atoms with Gasteiger partial charge in [-0.25, -0.2) is 4.79 Å². The molecule has 2 heterocycles. The number of carboxylic acids is 1. The Morgan fingerprint density at radius 2 is 2.11 bits per heavy atom. The van der Waals surface area contributed by atoms with Crippen LogP contribution in [0.2, 0.25) is 0 Å². The molecule has 1 aliphatic heterocycles. The maximum Gasteiger partial charge on any atom is 0.354 e. The normalized spacial score (nSPS) is 13.2. The standard InChI is InChI=1S/C14H14N2O3/c1-7-3-4-8(2)13-10(7)11-9(5-6-19-13)12(14(17)18)16-15-11/h3-4H,5-6H2,1-2H3,(H,15,16)(H,17,18). The average molecular weight is 258 g/mol. The van der Waals surface area contributed by atoms with E-state index in [1.54, 1.807) is 0 Å². The SMILES string of the molecule is Cc1ccc(C)c2c1OCCc1c-2n[nH]c1C(=O)O. The lowest BCUT2D eigenvalue weighted by molar-refractivity contribution is 0.0689. The lowest BCUT2D eigenvalue weighted by atomic mass is 9.97. The van der Waals surface area contributed by atoms with Crippen LogP contribution in [-0.2, 0) is 6.42 Å². The van der Waals surface area contributed by atoms with Crippen molar-refractivity contribution >= 4 is 5.97 Å². The number of rotatable bonds is 1. The predicted octanol–water partition coefficient (Wildman–Crippen LogP) is 2.33. The fourth-order valence-corrected chi connectivity index (χ4v) is 2.51. The van der Waals surface area contributed by atoms with Crippen molar-refractivity contribution in [3.05, 3.63) is 34.5 Å². The van der Waals surface area contributed by atoms with Crippen LogP contribution < -0.4 is 4.74 Å². The van der Waals surface area contributed by atoms with Crippen molar-refractivity contribution in [2.45, 2.75) is 20.3 Å². The number of hydrogen-bond donors (Lipinski definition) is 2. The molecule has 1 aromatic carbocycles. The number of fused-ring (bicyclic) bond motifs is 3. The molecule has 2 N–H and O–H groups in total. The Balaban J connectivity index is 2.31. The number of aromatic nitrogens is 2. The number of aromatic amines is 1. The van der Waals surface area contributed by atoms with Crippen molar-refractivity contribution in [3.8, 4) is 17.0 Å². The van der Waals surface area contributed by atoms with E-state index in [9.17, 15) is 9.90 Å². The molecule has 5 nitrogen and oxygen atoms in total. The Bertz CT molecular complexity index is 674. The molecular weight excluding hydrogens is 244 g/mol.